The fourth-order valence-corrected chi connectivity index (χ4v) is 5.31. The van der Waals surface area contributed by atoms with E-state index in [1.54, 1.807) is 0 Å². The lowest BCUT2D eigenvalue weighted by atomic mass is 10.2. The predicted molar refractivity (Wildman–Crippen MR) is 96.8 cm³/mol. The van der Waals surface area contributed by atoms with Crippen LogP contribution >= 0.6 is 6.49 Å². The molecule has 0 saturated carbocycles. The Morgan fingerprint density at radius 1 is 0.909 bits per heavy atom. The van der Waals surface area contributed by atoms with E-state index in [-0.39, 0.29) is 5.78 Å². The molecule has 2 aromatic rings. The normalized spacial score (nSPS) is 12.8. The van der Waals surface area contributed by atoms with Crippen LogP contribution in [0.15, 0.2) is 60.7 Å². The zero-order valence-corrected chi connectivity index (χ0v) is 14.6. The van der Waals surface area contributed by atoms with Gasteiger partial charge >= 0.3 is 0 Å². The summed E-state index contributed by atoms with van der Waals surface area (Å²) in [5.74, 6) is -0.175. The lowest BCUT2D eigenvalue weighted by Gasteiger charge is -2.31. The molecule has 0 unspecified atom stereocenters. The Labute approximate surface area is 137 Å². The van der Waals surface area contributed by atoms with Crippen molar-refractivity contribution >= 4 is 24.0 Å². The third kappa shape index (κ3) is 4.40. The van der Waals surface area contributed by atoms with E-state index in [1.165, 1.54) is 0 Å². The van der Waals surface area contributed by atoms with Crippen molar-refractivity contribution in [1.29, 1.82) is 0 Å². The third-order valence-corrected chi connectivity index (χ3v) is 6.69. The topological polar surface area (TPSA) is 30.5 Å². The van der Waals surface area contributed by atoms with Crippen LogP contribution in [-0.2, 0) is 20.9 Å². The monoisotopic (exact) mass is 335 g/mol. The Balaban J connectivity index is 2.38. The quantitative estimate of drug-likeness (QED) is 0.673. The maximum atomic E-state index is 5.90. The van der Waals surface area contributed by atoms with Gasteiger partial charge < -0.3 is 14.4 Å². The fraction of sp³-hybridized carbons (Fsp3) is 0.294. The molecule has 0 heterocycles. The highest BCUT2D eigenvalue weighted by molar-refractivity contribution is 8.10. The highest BCUT2D eigenvalue weighted by atomic mass is 32.5. The molecule has 0 aliphatic heterocycles. The van der Waals surface area contributed by atoms with Crippen molar-refractivity contribution < 1.29 is 9.05 Å². The van der Waals surface area contributed by atoms with Crippen LogP contribution in [0.5, 0.6) is 0 Å². The zero-order chi connectivity index (χ0) is 15.8. The maximum Gasteiger partial charge on any atom is 0.215 e. The Morgan fingerprint density at radius 3 is 1.91 bits per heavy atom. The van der Waals surface area contributed by atoms with Crippen LogP contribution in [0.4, 0.5) is 5.69 Å². The van der Waals surface area contributed by atoms with Gasteiger partial charge in [-0.25, -0.2) is 0 Å². The summed E-state index contributed by atoms with van der Waals surface area (Å²) in [6.45, 7) is 2.48. The summed E-state index contributed by atoms with van der Waals surface area (Å²) in [6, 6.07) is 20.1. The molecule has 5 heteroatoms. The molecule has 0 bridgehead atoms. The Morgan fingerprint density at radius 2 is 1.41 bits per heavy atom. The number of hydrogen-bond acceptors (Lipinski definition) is 4. The van der Waals surface area contributed by atoms with Gasteiger partial charge in [0.05, 0.1) is 13.2 Å². The van der Waals surface area contributed by atoms with E-state index < -0.39 is 6.49 Å². The van der Waals surface area contributed by atoms with Gasteiger partial charge in [-0.05, 0) is 43.4 Å². The molecule has 0 aromatic heterocycles. The first-order chi connectivity index (χ1) is 10.7. The molecule has 118 valence electrons. The summed E-state index contributed by atoms with van der Waals surface area (Å²) in [7, 11) is 0. The fourth-order valence-electron chi connectivity index (χ4n) is 2.22. The molecule has 0 aliphatic rings. The first-order valence-electron chi connectivity index (χ1n) is 7.45. The highest BCUT2D eigenvalue weighted by Gasteiger charge is 2.32. The van der Waals surface area contributed by atoms with Crippen molar-refractivity contribution in [2.45, 2.75) is 19.6 Å². The molecule has 3 nitrogen and oxygen atoms in total. The van der Waals surface area contributed by atoms with E-state index in [9.17, 15) is 0 Å². The summed E-state index contributed by atoms with van der Waals surface area (Å²) < 4.78 is 11.8. The van der Waals surface area contributed by atoms with Crippen molar-refractivity contribution in [2.24, 2.45) is 0 Å². The Kier molecular flexibility index (Phi) is 6.59. The van der Waals surface area contributed by atoms with Gasteiger partial charge in [0.15, 0.2) is 0 Å². The average Bonchev–Trinajstić information content (AvgIpc) is 2.55. The second-order valence-electron chi connectivity index (χ2n) is 4.70. The van der Waals surface area contributed by atoms with E-state index in [0.29, 0.717) is 13.2 Å². The molecule has 0 spiro atoms. The largest absolute Gasteiger partial charge is 0.370 e. The second-order valence-corrected chi connectivity index (χ2v) is 8.34. The van der Waals surface area contributed by atoms with Crippen molar-refractivity contribution in [3.05, 3.63) is 66.2 Å². The van der Waals surface area contributed by atoms with Gasteiger partial charge in [-0.2, -0.15) is 0 Å². The molecule has 0 radical (unpaired) electrons. The van der Waals surface area contributed by atoms with Gasteiger partial charge in [0.2, 0.25) is 6.49 Å². The summed E-state index contributed by atoms with van der Waals surface area (Å²) in [5.41, 5.74) is 2.08. The van der Waals surface area contributed by atoms with E-state index >= 15 is 0 Å². The molecule has 2 aromatic carbocycles. The van der Waals surface area contributed by atoms with Crippen molar-refractivity contribution in [2.75, 3.05) is 18.5 Å². The molecular formula is C17H22NO2PS. The molecule has 2 rings (SSSR count). The Hall–Kier alpha value is -1.19. The van der Waals surface area contributed by atoms with E-state index in [1.807, 2.05) is 62.4 Å². The zero-order valence-electron chi connectivity index (χ0n) is 12.9. The molecule has 1 atom stereocenters. The van der Waals surface area contributed by atoms with Gasteiger partial charge in [-0.15, -0.1) is 0 Å². The standard InChI is InChI=1S/C17H22NO2PS/c1-3-19-21(22,20-4-2)17(15-11-7-5-8-12-15)18-16-13-9-6-10-14-16/h5-14,17-18H,3-4H2,1-2H3/t17-/m0/s1. The highest BCUT2D eigenvalue weighted by Crippen LogP contribution is 2.61. The summed E-state index contributed by atoms with van der Waals surface area (Å²) in [5, 5.41) is 3.50. The van der Waals surface area contributed by atoms with Gasteiger partial charge in [0, 0.05) is 5.69 Å². The van der Waals surface area contributed by atoms with E-state index in [4.69, 9.17) is 20.9 Å². The number of para-hydroxylation sites is 1. The minimum absolute atomic E-state index is 0.175. The van der Waals surface area contributed by atoms with Crippen molar-refractivity contribution in [1.82, 2.24) is 0 Å². The van der Waals surface area contributed by atoms with Crippen LogP contribution in [0.2, 0.25) is 0 Å². The summed E-state index contributed by atoms with van der Waals surface area (Å²) in [4.78, 5) is 0. The number of nitrogens with one attached hydrogen (secondary N) is 1. The minimum Gasteiger partial charge on any atom is -0.370 e. The first-order valence-corrected chi connectivity index (χ1v) is 10.2. The van der Waals surface area contributed by atoms with E-state index in [0.717, 1.165) is 11.3 Å². The van der Waals surface area contributed by atoms with Gasteiger partial charge in [-0.1, -0.05) is 48.5 Å². The average molecular weight is 335 g/mol. The lowest BCUT2D eigenvalue weighted by Crippen LogP contribution is -2.15. The SMILES string of the molecule is CCOP(=S)(OCC)[C@H](Nc1ccccc1)c1ccccc1. The maximum absolute atomic E-state index is 5.90. The molecular weight excluding hydrogens is 313 g/mol. The van der Waals surface area contributed by atoms with Gasteiger partial charge in [0.25, 0.3) is 0 Å². The number of anilines is 1. The summed E-state index contributed by atoms with van der Waals surface area (Å²) >= 11 is 5.81. The summed E-state index contributed by atoms with van der Waals surface area (Å²) in [6.07, 6.45) is 0. The molecule has 0 aliphatic carbocycles. The number of rotatable bonds is 8. The molecule has 0 amide bonds. The molecule has 22 heavy (non-hydrogen) atoms. The molecule has 0 saturated heterocycles. The van der Waals surface area contributed by atoms with Crippen LogP contribution in [0.25, 0.3) is 0 Å². The van der Waals surface area contributed by atoms with Gasteiger partial charge in [0.1, 0.15) is 5.78 Å². The molecule has 0 fully saturated rings. The van der Waals surface area contributed by atoms with E-state index in [2.05, 4.69) is 17.4 Å². The number of benzene rings is 2. The predicted octanol–water partition coefficient (Wildman–Crippen LogP) is 5.18. The smallest absolute Gasteiger partial charge is 0.215 e. The van der Waals surface area contributed by atoms with Crippen LogP contribution in [0.3, 0.4) is 0 Å². The van der Waals surface area contributed by atoms with Crippen molar-refractivity contribution in [3.8, 4) is 0 Å². The van der Waals surface area contributed by atoms with Crippen LogP contribution in [-0.4, -0.2) is 13.2 Å². The van der Waals surface area contributed by atoms with Crippen LogP contribution in [0.1, 0.15) is 25.2 Å². The molecule has 1 N–H and O–H groups in total. The minimum atomic E-state index is -2.49. The van der Waals surface area contributed by atoms with Crippen LogP contribution < -0.4 is 5.32 Å². The second kappa shape index (κ2) is 8.44. The third-order valence-electron chi connectivity index (χ3n) is 3.13. The number of hydrogen-bond donors (Lipinski definition) is 1. The lowest BCUT2D eigenvalue weighted by molar-refractivity contribution is 0.261. The van der Waals surface area contributed by atoms with Gasteiger partial charge in [-0.3, -0.25) is 0 Å². The van der Waals surface area contributed by atoms with Crippen molar-refractivity contribution in [3.63, 3.8) is 0 Å². The Bertz CT molecular complexity index is 597. The van der Waals surface area contributed by atoms with Crippen LogP contribution in [0, 0.1) is 0 Å². The first kappa shape index (κ1) is 17.2.